The van der Waals surface area contributed by atoms with Crippen molar-refractivity contribution in [2.24, 2.45) is 11.3 Å². The first-order valence-electron chi connectivity index (χ1n) is 10.3. The Kier molecular flexibility index (Phi) is 5.81. The van der Waals surface area contributed by atoms with E-state index in [1.807, 2.05) is 42.5 Å². The molecule has 6 nitrogen and oxygen atoms in total. The van der Waals surface area contributed by atoms with Crippen molar-refractivity contribution >= 4 is 23.2 Å². The second-order valence-corrected chi connectivity index (χ2v) is 7.91. The van der Waals surface area contributed by atoms with E-state index in [-0.39, 0.29) is 23.8 Å². The van der Waals surface area contributed by atoms with Crippen LogP contribution in [0.15, 0.2) is 54.6 Å². The maximum Gasteiger partial charge on any atom is 0.262 e. The highest BCUT2D eigenvalue weighted by molar-refractivity contribution is 5.96. The Morgan fingerprint density at radius 2 is 1.86 bits per heavy atom. The van der Waals surface area contributed by atoms with Gasteiger partial charge in [-0.1, -0.05) is 37.1 Å². The summed E-state index contributed by atoms with van der Waals surface area (Å²) >= 11 is 0. The number of rotatable bonds is 6. The summed E-state index contributed by atoms with van der Waals surface area (Å²) in [7, 11) is 0. The third-order valence-corrected chi connectivity index (χ3v) is 6.01. The standard InChI is InChI=1S/C23H27N3O3/c27-21(25-18-8-2-1-3-9-18)15-29-20-11-6-10-19(13-20)26-22(28)23-12-5-4-7-17(23)14-24-16-23/h1-3,6,8-11,13,17,24H,4-5,7,12,14-16H2,(H,25,27)(H,26,28)/t17-,23+/m0/s1. The SMILES string of the molecule is O=C(COc1cccc(NC(=O)[C@@]23CCCC[C@H]2CNC3)c1)Nc1ccccc1. The third kappa shape index (κ3) is 4.43. The van der Waals surface area contributed by atoms with Crippen LogP contribution in [0.2, 0.25) is 0 Å². The lowest BCUT2D eigenvalue weighted by atomic mass is 9.67. The molecule has 29 heavy (non-hydrogen) atoms. The number of carbonyl (C=O) groups is 2. The van der Waals surface area contributed by atoms with Crippen LogP contribution in [0.3, 0.4) is 0 Å². The lowest BCUT2D eigenvalue weighted by Gasteiger charge is -2.37. The molecule has 4 rings (SSSR count). The number of fused-ring (bicyclic) bond motifs is 1. The molecule has 0 radical (unpaired) electrons. The summed E-state index contributed by atoms with van der Waals surface area (Å²) in [6.45, 7) is 1.58. The molecule has 0 spiro atoms. The normalized spacial score (nSPS) is 23.1. The molecule has 2 fully saturated rings. The van der Waals surface area contributed by atoms with Gasteiger partial charge in [0.2, 0.25) is 5.91 Å². The van der Waals surface area contributed by atoms with Crippen molar-refractivity contribution in [3.63, 3.8) is 0 Å². The maximum atomic E-state index is 13.1. The van der Waals surface area contributed by atoms with Gasteiger partial charge in [-0.3, -0.25) is 9.59 Å². The lowest BCUT2D eigenvalue weighted by Crippen LogP contribution is -2.44. The highest BCUT2D eigenvalue weighted by Crippen LogP contribution is 2.44. The Balaban J connectivity index is 1.35. The van der Waals surface area contributed by atoms with Gasteiger partial charge >= 0.3 is 0 Å². The smallest absolute Gasteiger partial charge is 0.262 e. The molecule has 3 N–H and O–H groups in total. The van der Waals surface area contributed by atoms with E-state index in [1.54, 1.807) is 12.1 Å². The minimum Gasteiger partial charge on any atom is -0.484 e. The van der Waals surface area contributed by atoms with Gasteiger partial charge in [0.1, 0.15) is 5.75 Å². The van der Waals surface area contributed by atoms with Gasteiger partial charge in [-0.05, 0) is 49.6 Å². The third-order valence-electron chi connectivity index (χ3n) is 6.01. The fourth-order valence-corrected chi connectivity index (χ4v) is 4.48. The molecule has 1 aliphatic heterocycles. The van der Waals surface area contributed by atoms with Crippen LogP contribution in [0, 0.1) is 11.3 Å². The van der Waals surface area contributed by atoms with E-state index in [4.69, 9.17) is 4.74 Å². The Morgan fingerprint density at radius 1 is 1.03 bits per heavy atom. The first-order valence-corrected chi connectivity index (χ1v) is 10.3. The molecule has 152 valence electrons. The number of hydrogen-bond acceptors (Lipinski definition) is 4. The summed E-state index contributed by atoms with van der Waals surface area (Å²) in [5.41, 5.74) is 1.13. The molecule has 1 aliphatic carbocycles. The molecule has 2 aromatic carbocycles. The number of anilines is 2. The predicted octanol–water partition coefficient (Wildman–Crippen LogP) is 3.42. The summed E-state index contributed by atoms with van der Waals surface area (Å²) in [5, 5.41) is 9.27. The molecular formula is C23H27N3O3. The number of ether oxygens (including phenoxy) is 1. The zero-order chi connectivity index (χ0) is 20.1. The van der Waals surface area contributed by atoms with Crippen LogP contribution in [-0.4, -0.2) is 31.5 Å². The predicted molar refractivity (Wildman–Crippen MR) is 113 cm³/mol. The van der Waals surface area contributed by atoms with Gasteiger partial charge in [-0.15, -0.1) is 0 Å². The van der Waals surface area contributed by atoms with E-state index in [0.717, 1.165) is 38.0 Å². The molecule has 1 heterocycles. The van der Waals surface area contributed by atoms with Crippen LogP contribution >= 0.6 is 0 Å². The van der Waals surface area contributed by atoms with Crippen LogP contribution in [0.1, 0.15) is 25.7 Å². The van der Waals surface area contributed by atoms with E-state index >= 15 is 0 Å². The van der Waals surface area contributed by atoms with E-state index in [2.05, 4.69) is 16.0 Å². The zero-order valence-electron chi connectivity index (χ0n) is 16.4. The molecule has 2 aromatic rings. The lowest BCUT2D eigenvalue weighted by molar-refractivity contribution is -0.128. The highest BCUT2D eigenvalue weighted by Gasteiger charge is 2.49. The highest BCUT2D eigenvalue weighted by atomic mass is 16.5. The Labute approximate surface area is 171 Å². The Morgan fingerprint density at radius 3 is 2.72 bits per heavy atom. The number of nitrogens with one attached hydrogen (secondary N) is 3. The average Bonchev–Trinajstić information content (AvgIpc) is 3.19. The molecular weight excluding hydrogens is 366 g/mol. The van der Waals surface area contributed by atoms with E-state index < -0.39 is 0 Å². The molecule has 1 saturated heterocycles. The number of carbonyl (C=O) groups excluding carboxylic acids is 2. The number of hydrogen-bond donors (Lipinski definition) is 3. The van der Waals surface area contributed by atoms with E-state index in [0.29, 0.717) is 17.4 Å². The van der Waals surface area contributed by atoms with Crippen LogP contribution in [0.5, 0.6) is 5.75 Å². The Bertz CT molecular complexity index is 871. The molecule has 2 amide bonds. The molecule has 2 aliphatic rings. The van der Waals surface area contributed by atoms with Crippen molar-refractivity contribution in [2.75, 3.05) is 30.3 Å². The first kappa shape index (κ1) is 19.5. The maximum absolute atomic E-state index is 13.1. The van der Waals surface area contributed by atoms with Crippen molar-refractivity contribution in [3.05, 3.63) is 54.6 Å². The average molecular weight is 393 g/mol. The molecule has 0 unspecified atom stereocenters. The van der Waals surface area contributed by atoms with Gasteiger partial charge in [0, 0.05) is 24.0 Å². The van der Waals surface area contributed by atoms with Gasteiger partial charge < -0.3 is 20.7 Å². The summed E-state index contributed by atoms with van der Waals surface area (Å²) in [5.74, 6) is 0.823. The van der Waals surface area contributed by atoms with Crippen molar-refractivity contribution < 1.29 is 14.3 Å². The Hall–Kier alpha value is -2.86. The van der Waals surface area contributed by atoms with Gasteiger partial charge in [0.15, 0.2) is 6.61 Å². The largest absolute Gasteiger partial charge is 0.484 e. The van der Waals surface area contributed by atoms with Crippen molar-refractivity contribution in [2.45, 2.75) is 25.7 Å². The monoisotopic (exact) mass is 393 g/mol. The molecule has 2 atom stereocenters. The second kappa shape index (κ2) is 8.66. The van der Waals surface area contributed by atoms with Gasteiger partial charge in [-0.25, -0.2) is 0 Å². The van der Waals surface area contributed by atoms with Crippen LogP contribution in [0.4, 0.5) is 11.4 Å². The van der Waals surface area contributed by atoms with E-state index in [9.17, 15) is 9.59 Å². The molecule has 0 bridgehead atoms. The van der Waals surface area contributed by atoms with Crippen LogP contribution in [-0.2, 0) is 9.59 Å². The second-order valence-electron chi connectivity index (χ2n) is 7.91. The number of para-hydroxylation sites is 1. The van der Waals surface area contributed by atoms with Crippen molar-refractivity contribution in [3.8, 4) is 5.75 Å². The fourth-order valence-electron chi connectivity index (χ4n) is 4.48. The molecule has 0 aromatic heterocycles. The summed E-state index contributed by atoms with van der Waals surface area (Å²) in [6, 6.07) is 16.5. The van der Waals surface area contributed by atoms with E-state index in [1.165, 1.54) is 6.42 Å². The molecule has 1 saturated carbocycles. The minimum absolute atomic E-state index is 0.0890. The van der Waals surface area contributed by atoms with Crippen LogP contribution < -0.4 is 20.7 Å². The van der Waals surface area contributed by atoms with Gasteiger partial charge in [0.05, 0.1) is 5.41 Å². The fraction of sp³-hybridized carbons (Fsp3) is 0.391. The summed E-state index contributed by atoms with van der Waals surface area (Å²) in [6.07, 6.45) is 4.35. The quantitative estimate of drug-likeness (QED) is 0.703. The van der Waals surface area contributed by atoms with Crippen molar-refractivity contribution in [1.82, 2.24) is 5.32 Å². The minimum atomic E-state index is -0.301. The van der Waals surface area contributed by atoms with Gasteiger partial charge in [-0.2, -0.15) is 0 Å². The van der Waals surface area contributed by atoms with Gasteiger partial charge in [0.25, 0.3) is 5.91 Å². The van der Waals surface area contributed by atoms with Crippen molar-refractivity contribution in [1.29, 1.82) is 0 Å². The molecule has 6 heteroatoms. The summed E-state index contributed by atoms with van der Waals surface area (Å²) in [4.78, 5) is 25.2. The topological polar surface area (TPSA) is 79.5 Å². The summed E-state index contributed by atoms with van der Waals surface area (Å²) < 4.78 is 5.62. The first-order chi connectivity index (χ1) is 14.2. The zero-order valence-corrected chi connectivity index (χ0v) is 16.4. The van der Waals surface area contributed by atoms with Crippen LogP contribution in [0.25, 0.3) is 0 Å². The number of amides is 2. The number of benzene rings is 2.